The van der Waals surface area contributed by atoms with E-state index in [1.165, 1.54) is 0 Å². The summed E-state index contributed by atoms with van der Waals surface area (Å²) < 4.78 is 6.92. The highest BCUT2D eigenvalue weighted by molar-refractivity contribution is 9.10. The minimum Gasteiger partial charge on any atom is -0.454 e. The van der Waals surface area contributed by atoms with Crippen molar-refractivity contribution in [1.29, 1.82) is 0 Å². The second kappa shape index (κ2) is 6.54. The van der Waals surface area contributed by atoms with Gasteiger partial charge in [-0.05, 0) is 37.1 Å². The van der Waals surface area contributed by atoms with Crippen molar-refractivity contribution in [3.05, 3.63) is 45.4 Å². The first-order valence-electron chi connectivity index (χ1n) is 6.83. The van der Waals surface area contributed by atoms with E-state index >= 15 is 0 Å². The molecule has 112 valence electrons. The van der Waals surface area contributed by atoms with Gasteiger partial charge in [0.15, 0.2) is 5.75 Å². The lowest BCUT2D eigenvalue weighted by molar-refractivity contribution is 0.270. The van der Waals surface area contributed by atoms with Gasteiger partial charge in [0.2, 0.25) is 0 Å². The quantitative estimate of drug-likeness (QED) is 0.894. The molecule has 1 heterocycles. The molecule has 0 aliphatic carbocycles. The molecule has 2 aromatic rings. The van der Waals surface area contributed by atoms with Gasteiger partial charge in [0.1, 0.15) is 17.3 Å². The second-order valence-corrected chi connectivity index (χ2v) is 6.12. The van der Waals surface area contributed by atoms with Crippen LogP contribution in [0.5, 0.6) is 11.5 Å². The molecule has 0 atom stereocenters. The standard InChI is InChI=1S/C16H19BrN2O2/c1-9(2)16-18-7-14(13(8-20)19-16)21-12-5-10(3)15(17)11(4)6-12/h5-7,9,20H,8H2,1-4H3. The number of aliphatic hydroxyl groups excluding tert-OH is 1. The Hall–Kier alpha value is -1.46. The van der Waals surface area contributed by atoms with Crippen LogP contribution in [-0.4, -0.2) is 15.1 Å². The number of aryl methyl sites for hydroxylation is 2. The van der Waals surface area contributed by atoms with Gasteiger partial charge in [-0.3, -0.25) is 0 Å². The number of aromatic nitrogens is 2. The van der Waals surface area contributed by atoms with E-state index in [1.54, 1.807) is 6.20 Å². The molecule has 0 aliphatic rings. The maximum Gasteiger partial charge on any atom is 0.169 e. The Balaban J connectivity index is 2.35. The molecule has 2 rings (SSSR count). The second-order valence-electron chi connectivity index (χ2n) is 5.33. The fraction of sp³-hybridized carbons (Fsp3) is 0.375. The number of halogens is 1. The number of hydrogen-bond acceptors (Lipinski definition) is 4. The normalized spacial score (nSPS) is 11.0. The van der Waals surface area contributed by atoms with Crippen molar-refractivity contribution in [2.24, 2.45) is 0 Å². The Morgan fingerprint density at radius 2 is 1.86 bits per heavy atom. The first-order valence-corrected chi connectivity index (χ1v) is 7.63. The van der Waals surface area contributed by atoms with E-state index in [0.29, 0.717) is 23.0 Å². The third-order valence-electron chi connectivity index (χ3n) is 3.15. The summed E-state index contributed by atoms with van der Waals surface area (Å²) in [5.41, 5.74) is 2.69. The van der Waals surface area contributed by atoms with Crippen LogP contribution in [0.1, 0.15) is 42.4 Å². The van der Waals surface area contributed by atoms with Gasteiger partial charge in [-0.1, -0.05) is 29.8 Å². The van der Waals surface area contributed by atoms with E-state index in [9.17, 15) is 5.11 Å². The third kappa shape index (κ3) is 3.60. The molecule has 0 amide bonds. The van der Waals surface area contributed by atoms with Crippen LogP contribution in [0.4, 0.5) is 0 Å². The predicted molar refractivity (Wildman–Crippen MR) is 85.7 cm³/mol. The molecule has 5 heteroatoms. The van der Waals surface area contributed by atoms with Gasteiger partial charge in [0.25, 0.3) is 0 Å². The molecule has 0 aliphatic heterocycles. The highest BCUT2D eigenvalue weighted by atomic mass is 79.9. The maximum atomic E-state index is 9.48. The lowest BCUT2D eigenvalue weighted by Crippen LogP contribution is -2.03. The Labute approximate surface area is 133 Å². The summed E-state index contributed by atoms with van der Waals surface area (Å²) in [5.74, 6) is 2.11. The van der Waals surface area contributed by atoms with Crippen molar-refractivity contribution in [3.8, 4) is 11.5 Å². The highest BCUT2D eigenvalue weighted by Crippen LogP contribution is 2.30. The fourth-order valence-electron chi connectivity index (χ4n) is 1.99. The zero-order valence-corrected chi connectivity index (χ0v) is 14.2. The smallest absolute Gasteiger partial charge is 0.169 e. The molecule has 0 bridgehead atoms. The molecule has 4 nitrogen and oxygen atoms in total. The van der Waals surface area contributed by atoms with Crippen molar-refractivity contribution in [2.75, 3.05) is 0 Å². The fourth-order valence-corrected chi connectivity index (χ4v) is 2.22. The Bertz CT molecular complexity index is 634. The molecule has 1 aromatic carbocycles. The predicted octanol–water partition coefficient (Wildman–Crippen LogP) is 4.26. The lowest BCUT2D eigenvalue weighted by Gasteiger charge is -2.13. The van der Waals surface area contributed by atoms with Crippen LogP contribution in [0.2, 0.25) is 0 Å². The van der Waals surface area contributed by atoms with E-state index in [2.05, 4.69) is 25.9 Å². The summed E-state index contributed by atoms with van der Waals surface area (Å²) in [5, 5.41) is 9.48. The first kappa shape index (κ1) is 15.9. The molecule has 0 fully saturated rings. The first-order chi connectivity index (χ1) is 9.92. The van der Waals surface area contributed by atoms with Crippen LogP contribution in [0.3, 0.4) is 0 Å². The zero-order valence-electron chi connectivity index (χ0n) is 12.6. The van der Waals surface area contributed by atoms with E-state index in [4.69, 9.17) is 4.74 Å². The molecule has 0 spiro atoms. The largest absolute Gasteiger partial charge is 0.454 e. The Kier molecular flexibility index (Phi) is 4.96. The number of rotatable bonds is 4. The molecule has 21 heavy (non-hydrogen) atoms. The number of aliphatic hydroxyl groups is 1. The molecule has 1 N–H and O–H groups in total. The average Bonchev–Trinajstić information content (AvgIpc) is 2.44. The summed E-state index contributed by atoms with van der Waals surface area (Å²) in [6.07, 6.45) is 1.63. The van der Waals surface area contributed by atoms with Crippen LogP contribution in [0.15, 0.2) is 22.8 Å². The highest BCUT2D eigenvalue weighted by Gasteiger charge is 2.12. The minimum absolute atomic E-state index is 0.175. The average molecular weight is 351 g/mol. The monoisotopic (exact) mass is 350 g/mol. The van der Waals surface area contributed by atoms with Gasteiger partial charge in [-0.15, -0.1) is 0 Å². The van der Waals surface area contributed by atoms with Gasteiger partial charge >= 0.3 is 0 Å². The molecular formula is C16H19BrN2O2. The zero-order chi connectivity index (χ0) is 15.6. The van der Waals surface area contributed by atoms with Crippen LogP contribution < -0.4 is 4.74 Å². The van der Waals surface area contributed by atoms with Gasteiger partial charge in [-0.25, -0.2) is 9.97 Å². The number of nitrogens with zero attached hydrogens (tertiary/aromatic N) is 2. The summed E-state index contributed by atoms with van der Waals surface area (Å²) in [7, 11) is 0. The van der Waals surface area contributed by atoms with Crippen molar-refractivity contribution in [1.82, 2.24) is 9.97 Å². The molecular weight excluding hydrogens is 332 g/mol. The van der Waals surface area contributed by atoms with Crippen LogP contribution in [0.25, 0.3) is 0 Å². The van der Waals surface area contributed by atoms with Crippen molar-refractivity contribution in [3.63, 3.8) is 0 Å². The van der Waals surface area contributed by atoms with Crippen molar-refractivity contribution < 1.29 is 9.84 Å². The van der Waals surface area contributed by atoms with Crippen LogP contribution >= 0.6 is 15.9 Å². The van der Waals surface area contributed by atoms with E-state index in [-0.39, 0.29) is 12.5 Å². The summed E-state index contributed by atoms with van der Waals surface area (Å²) in [6, 6.07) is 3.88. The van der Waals surface area contributed by atoms with E-state index in [0.717, 1.165) is 15.6 Å². The molecule has 0 unspecified atom stereocenters. The summed E-state index contributed by atoms with van der Waals surface area (Å²) in [4.78, 5) is 8.64. The lowest BCUT2D eigenvalue weighted by atomic mass is 10.1. The number of benzene rings is 1. The van der Waals surface area contributed by atoms with Crippen molar-refractivity contribution in [2.45, 2.75) is 40.2 Å². The maximum absolute atomic E-state index is 9.48. The van der Waals surface area contributed by atoms with Gasteiger partial charge in [0.05, 0.1) is 12.8 Å². The van der Waals surface area contributed by atoms with E-state index < -0.39 is 0 Å². The van der Waals surface area contributed by atoms with Crippen LogP contribution in [0, 0.1) is 13.8 Å². The number of hydrogen-bond donors (Lipinski definition) is 1. The molecule has 0 saturated heterocycles. The summed E-state index contributed by atoms with van der Waals surface area (Å²) in [6.45, 7) is 7.87. The van der Waals surface area contributed by atoms with Crippen molar-refractivity contribution >= 4 is 15.9 Å². The minimum atomic E-state index is -0.175. The van der Waals surface area contributed by atoms with Gasteiger partial charge in [-0.2, -0.15) is 0 Å². The summed E-state index contributed by atoms with van der Waals surface area (Å²) >= 11 is 3.53. The Morgan fingerprint density at radius 3 is 2.38 bits per heavy atom. The SMILES string of the molecule is Cc1cc(Oc2cnc(C(C)C)nc2CO)cc(C)c1Br. The van der Waals surface area contributed by atoms with E-state index in [1.807, 2.05) is 39.8 Å². The molecule has 0 radical (unpaired) electrons. The van der Waals surface area contributed by atoms with Crippen LogP contribution in [-0.2, 0) is 6.61 Å². The van der Waals surface area contributed by atoms with Gasteiger partial charge in [0, 0.05) is 10.4 Å². The molecule has 1 aromatic heterocycles. The van der Waals surface area contributed by atoms with Gasteiger partial charge < -0.3 is 9.84 Å². The molecule has 0 saturated carbocycles. The number of ether oxygens (including phenoxy) is 1. The topological polar surface area (TPSA) is 55.2 Å². The Morgan fingerprint density at radius 1 is 1.24 bits per heavy atom. The third-order valence-corrected chi connectivity index (χ3v) is 4.40.